The maximum absolute atomic E-state index is 5.64. The van der Waals surface area contributed by atoms with Gasteiger partial charge < -0.3 is 0 Å². The smallest absolute Gasteiger partial charge is 0.152 e. The van der Waals surface area contributed by atoms with Crippen molar-refractivity contribution in [3.63, 3.8) is 0 Å². The number of hydrogen-bond donors (Lipinski definition) is 0. The number of hydrogen-bond acceptors (Lipinski definition) is 3. The zero-order valence-corrected chi connectivity index (χ0v) is 7.17. The van der Waals surface area contributed by atoms with E-state index in [1.165, 1.54) is 0 Å². The molecule has 0 aliphatic heterocycles. The van der Waals surface area contributed by atoms with Crippen LogP contribution in [0.15, 0.2) is 18.3 Å². The number of rotatable bonds is 2. The fourth-order valence-corrected chi connectivity index (χ4v) is 0.760. The molecule has 0 N–H and O–H groups in total. The van der Waals surface area contributed by atoms with Crippen LogP contribution >= 0.6 is 11.6 Å². The van der Waals surface area contributed by atoms with Gasteiger partial charge in [0.25, 0.3) is 0 Å². The molecule has 0 radical (unpaired) electrons. The lowest BCUT2D eigenvalue weighted by Crippen LogP contribution is -2.15. The van der Waals surface area contributed by atoms with E-state index in [4.69, 9.17) is 16.4 Å². The van der Waals surface area contributed by atoms with E-state index in [9.17, 15) is 0 Å². The molecule has 0 spiro atoms. The molecule has 0 amide bonds. The molecule has 4 heteroatoms. The summed E-state index contributed by atoms with van der Waals surface area (Å²) in [5.74, 6) is 0.733. The van der Waals surface area contributed by atoms with E-state index >= 15 is 0 Å². The molecule has 1 heterocycles. The second kappa shape index (κ2) is 3.55. The largest absolute Gasteiger partial charge is 0.276 e. The Bertz CT molecular complexity index is 224. The van der Waals surface area contributed by atoms with Crippen molar-refractivity contribution in [1.82, 2.24) is 4.98 Å². The number of anilines is 1. The Morgan fingerprint density at radius 1 is 1.55 bits per heavy atom. The molecule has 1 rings (SSSR count). The highest BCUT2D eigenvalue weighted by atomic mass is 35.5. The number of pyridine rings is 1. The summed E-state index contributed by atoms with van der Waals surface area (Å²) >= 11 is 5.64. The van der Waals surface area contributed by atoms with Gasteiger partial charge >= 0.3 is 0 Å². The summed E-state index contributed by atoms with van der Waals surface area (Å²) < 4.78 is 0. The summed E-state index contributed by atoms with van der Waals surface area (Å²) in [6.07, 6.45) is 1.58. The van der Waals surface area contributed by atoms with E-state index in [2.05, 4.69) is 4.98 Å². The van der Waals surface area contributed by atoms with Crippen LogP contribution in [0.1, 0.15) is 0 Å². The molecular weight excluding hydrogens is 164 g/mol. The van der Waals surface area contributed by atoms with Crippen LogP contribution in [0.5, 0.6) is 0 Å². The van der Waals surface area contributed by atoms with Crippen molar-refractivity contribution in [1.29, 1.82) is 0 Å². The van der Waals surface area contributed by atoms with Crippen LogP contribution in [0.3, 0.4) is 0 Å². The first-order valence-electron chi connectivity index (χ1n) is 3.13. The third-order valence-corrected chi connectivity index (χ3v) is 1.53. The highest BCUT2D eigenvalue weighted by molar-refractivity contribution is 6.30. The molecule has 0 aliphatic rings. The molecule has 0 fully saturated rings. The number of hydroxylamine groups is 1. The number of halogens is 1. The van der Waals surface area contributed by atoms with Gasteiger partial charge in [-0.15, -0.1) is 0 Å². The summed E-state index contributed by atoms with van der Waals surface area (Å²) in [7, 11) is 3.35. The van der Waals surface area contributed by atoms with Crippen LogP contribution in [0.4, 0.5) is 5.82 Å². The molecule has 1 aromatic rings. The molecule has 0 atom stereocenters. The maximum Gasteiger partial charge on any atom is 0.152 e. The Morgan fingerprint density at radius 3 is 2.73 bits per heavy atom. The highest BCUT2D eigenvalue weighted by Crippen LogP contribution is 2.12. The molecule has 0 aromatic carbocycles. The molecule has 1 aromatic heterocycles. The van der Waals surface area contributed by atoms with Gasteiger partial charge in [0.2, 0.25) is 0 Å². The van der Waals surface area contributed by atoms with Crippen molar-refractivity contribution in [3.8, 4) is 0 Å². The van der Waals surface area contributed by atoms with Crippen molar-refractivity contribution in [2.24, 2.45) is 0 Å². The normalized spacial score (nSPS) is 9.73. The predicted octanol–water partition coefficient (Wildman–Crippen LogP) is 1.73. The second-order valence-corrected chi connectivity index (χ2v) is 2.45. The van der Waals surface area contributed by atoms with Crippen LogP contribution in [-0.4, -0.2) is 19.1 Å². The zero-order chi connectivity index (χ0) is 8.27. The molecule has 60 valence electrons. The number of aromatic nitrogens is 1. The van der Waals surface area contributed by atoms with Crippen LogP contribution in [0, 0.1) is 0 Å². The monoisotopic (exact) mass is 172 g/mol. The van der Waals surface area contributed by atoms with Crippen LogP contribution < -0.4 is 5.06 Å². The average molecular weight is 173 g/mol. The zero-order valence-electron chi connectivity index (χ0n) is 6.41. The highest BCUT2D eigenvalue weighted by Gasteiger charge is 1.98. The van der Waals surface area contributed by atoms with Crippen molar-refractivity contribution in [2.75, 3.05) is 19.2 Å². The Morgan fingerprint density at radius 2 is 2.27 bits per heavy atom. The van der Waals surface area contributed by atoms with Gasteiger partial charge in [0, 0.05) is 13.2 Å². The SMILES string of the molecule is CON(C)c1ccc(Cl)cn1. The summed E-state index contributed by atoms with van der Waals surface area (Å²) in [6.45, 7) is 0. The van der Waals surface area contributed by atoms with Crippen molar-refractivity contribution in [2.45, 2.75) is 0 Å². The minimum Gasteiger partial charge on any atom is -0.276 e. The Kier molecular flexibility index (Phi) is 2.68. The fraction of sp³-hybridized carbons (Fsp3) is 0.286. The fourth-order valence-electron chi connectivity index (χ4n) is 0.648. The van der Waals surface area contributed by atoms with E-state index in [0.29, 0.717) is 5.02 Å². The summed E-state index contributed by atoms with van der Waals surface area (Å²) in [4.78, 5) is 8.92. The molecule has 0 saturated carbocycles. The Hall–Kier alpha value is -0.800. The van der Waals surface area contributed by atoms with Crippen molar-refractivity contribution < 1.29 is 4.84 Å². The van der Waals surface area contributed by atoms with Gasteiger partial charge in [0.05, 0.1) is 12.1 Å². The Balaban J connectivity index is 2.81. The van der Waals surface area contributed by atoms with E-state index < -0.39 is 0 Å². The van der Waals surface area contributed by atoms with Crippen LogP contribution in [0.2, 0.25) is 5.02 Å². The lowest BCUT2D eigenvalue weighted by Gasteiger charge is -2.13. The molecule has 0 aliphatic carbocycles. The molecule has 11 heavy (non-hydrogen) atoms. The topological polar surface area (TPSA) is 25.4 Å². The summed E-state index contributed by atoms with van der Waals surface area (Å²) in [6, 6.07) is 3.55. The molecule has 0 bridgehead atoms. The van der Waals surface area contributed by atoms with Gasteiger partial charge in [-0.1, -0.05) is 11.6 Å². The standard InChI is InChI=1S/C7H9ClN2O/c1-10(11-2)7-4-3-6(8)5-9-7/h3-5H,1-2H3. The van der Waals surface area contributed by atoms with Crippen LogP contribution in [0.25, 0.3) is 0 Å². The summed E-state index contributed by atoms with van der Waals surface area (Å²) in [5.41, 5.74) is 0. The third-order valence-electron chi connectivity index (χ3n) is 1.31. The molecule has 0 unspecified atom stereocenters. The molecule has 0 saturated heterocycles. The van der Waals surface area contributed by atoms with E-state index in [1.54, 1.807) is 37.6 Å². The quantitative estimate of drug-likeness (QED) is 0.636. The van der Waals surface area contributed by atoms with Gasteiger partial charge in [0.15, 0.2) is 5.82 Å². The minimum atomic E-state index is 0.623. The lowest BCUT2D eigenvalue weighted by molar-refractivity contribution is 0.182. The van der Waals surface area contributed by atoms with Gasteiger partial charge in [-0.3, -0.25) is 4.84 Å². The first-order valence-corrected chi connectivity index (χ1v) is 3.51. The van der Waals surface area contributed by atoms with E-state index in [0.717, 1.165) is 5.82 Å². The number of nitrogens with zero attached hydrogens (tertiary/aromatic N) is 2. The van der Waals surface area contributed by atoms with Crippen molar-refractivity contribution in [3.05, 3.63) is 23.4 Å². The summed E-state index contributed by atoms with van der Waals surface area (Å²) in [5, 5.41) is 2.18. The molecular formula is C7H9ClN2O. The first-order chi connectivity index (χ1) is 5.24. The van der Waals surface area contributed by atoms with Crippen LogP contribution in [-0.2, 0) is 4.84 Å². The lowest BCUT2D eigenvalue weighted by atomic mass is 10.5. The first kappa shape index (κ1) is 8.30. The second-order valence-electron chi connectivity index (χ2n) is 2.01. The minimum absolute atomic E-state index is 0.623. The maximum atomic E-state index is 5.64. The van der Waals surface area contributed by atoms with Gasteiger partial charge in [0.1, 0.15) is 0 Å². The third kappa shape index (κ3) is 2.06. The van der Waals surface area contributed by atoms with E-state index in [1.807, 2.05) is 0 Å². The van der Waals surface area contributed by atoms with Gasteiger partial charge in [-0.25, -0.2) is 10.0 Å². The van der Waals surface area contributed by atoms with Crippen molar-refractivity contribution >= 4 is 17.4 Å². The van der Waals surface area contributed by atoms with Gasteiger partial charge in [-0.05, 0) is 12.1 Å². The average Bonchev–Trinajstić information content (AvgIpc) is 2.05. The predicted molar refractivity (Wildman–Crippen MR) is 44.7 cm³/mol. The molecule has 3 nitrogen and oxygen atoms in total. The van der Waals surface area contributed by atoms with E-state index in [-0.39, 0.29) is 0 Å². The Labute approximate surface area is 70.5 Å². The van der Waals surface area contributed by atoms with Gasteiger partial charge in [-0.2, -0.15) is 0 Å².